The molecular formula is C9H9FO3. The third-order valence-corrected chi connectivity index (χ3v) is 1.19. The summed E-state index contributed by atoms with van der Waals surface area (Å²) >= 11 is 0. The molecule has 0 heterocycles. The number of fused-ring (bicyclic) bond motifs is 1. The largest absolute Gasteiger partial charge is 0.503 e. The van der Waals surface area contributed by atoms with Gasteiger partial charge in [-0.3, -0.25) is 0 Å². The van der Waals surface area contributed by atoms with Crippen LogP contribution in [0.25, 0.3) is 11.1 Å². The first kappa shape index (κ1) is 11.2. The summed E-state index contributed by atoms with van der Waals surface area (Å²) in [4.78, 5) is 8.56. The number of rotatable bonds is 0. The van der Waals surface area contributed by atoms with Crippen LogP contribution in [0.15, 0.2) is 31.4 Å². The van der Waals surface area contributed by atoms with Crippen molar-refractivity contribution in [3.8, 4) is 11.1 Å². The number of benzene rings is 1. The second kappa shape index (κ2) is 4.92. The molecule has 2 N–H and O–H groups in total. The van der Waals surface area contributed by atoms with E-state index in [0.29, 0.717) is 0 Å². The Bertz CT molecular complexity index is 306. The van der Waals surface area contributed by atoms with Crippen LogP contribution in [0.1, 0.15) is 0 Å². The highest BCUT2D eigenvalue weighted by molar-refractivity contribution is 5.81. The molecule has 2 rings (SSSR count). The van der Waals surface area contributed by atoms with E-state index in [4.69, 9.17) is 15.0 Å². The van der Waals surface area contributed by atoms with E-state index in [0.717, 1.165) is 11.1 Å². The highest BCUT2D eigenvalue weighted by Gasteiger charge is 2.15. The van der Waals surface area contributed by atoms with Crippen LogP contribution in [-0.2, 0) is 0 Å². The summed E-state index contributed by atoms with van der Waals surface area (Å²) in [7, 11) is 0. The average molecular weight is 184 g/mol. The lowest BCUT2D eigenvalue weighted by molar-refractivity contribution is 0.137. The number of halogens is 1. The fourth-order valence-electron chi connectivity index (χ4n) is 0.717. The third-order valence-electron chi connectivity index (χ3n) is 1.19. The lowest BCUT2D eigenvalue weighted by atomic mass is 10.5. The molecule has 0 radical (unpaired) electrons. The van der Waals surface area contributed by atoms with Crippen molar-refractivity contribution in [2.75, 3.05) is 0 Å². The Morgan fingerprint density at radius 3 is 1.85 bits per heavy atom. The Kier molecular flexibility index (Phi) is 4.23. The Hall–Kier alpha value is -1.84. The molecule has 0 saturated heterocycles. The molecule has 0 aromatic carbocycles. The van der Waals surface area contributed by atoms with Crippen molar-refractivity contribution < 1.29 is 19.4 Å². The van der Waals surface area contributed by atoms with Crippen LogP contribution in [0.4, 0.5) is 9.18 Å². The van der Waals surface area contributed by atoms with Crippen molar-refractivity contribution in [1.29, 1.82) is 0 Å². The van der Waals surface area contributed by atoms with E-state index in [2.05, 4.69) is 13.2 Å². The smallest absolute Gasteiger partial charge is 0.450 e. The molecule has 0 aromatic heterocycles. The van der Waals surface area contributed by atoms with E-state index in [9.17, 15) is 4.39 Å². The zero-order chi connectivity index (χ0) is 10.4. The van der Waals surface area contributed by atoms with Crippen molar-refractivity contribution in [1.82, 2.24) is 0 Å². The van der Waals surface area contributed by atoms with Crippen molar-refractivity contribution in [3.05, 3.63) is 37.2 Å². The number of carboxylic acid groups (broad SMARTS) is 2. The molecule has 0 aliphatic heterocycles. The molecule has 2 aliphatic rings. The quantitative estimate of drug-likeness (QED) is 0.619. The van der Waals surface area contributed by atoms with E-state index in [1.807, 2.05) is 6.07 Å². The second-order valence-electron chi connectivity index (χ2n) is 1.98. The molecule has 0 fully saturated rings. The molecule has 2 aliphatic carbocycles. The highest BCUT2D eigenvalue weighted by Crippen LogP contribution is 2.36. The summed E-state index contributed by atoms with van der Waals surface area (Å²) in [6, 6.07) is 5.10. The Balaban J connectivity index is 0.000000211. The van der Waals surface area contributed by atoms with Crippen LogP contribution in [0.3, 0.4) is 0 Å². The van der Waals surface area contributed by atoms with Gasteiger partial charge in [-0.15, -0.1) is 13.2 Å². The normalized spacial score (nSPS) is 8.38. The Labute approximate surface area is 74.8 Å². The van der Waals surface area contributed by atoms with Crippen molar-refractivity contribution in [2.45, 2.75) is 0 Å². The maximum atomic E-state index is 12.1. The van der Waals surface area contributed by atoms with Crippen molar-refractivity contribution in [2.24, 2.45) is 0 Å². The topological polar surface area (TPSA) is 57.5 Å². The fraction of sp³-hybridized carbons (Fsp3) is 0. The van der Waals surface area contributed by atoms with Crippen molar-refractivity contribution in [3.63, 3.8) is 0 Å². The first-order chi connectivity index (χ1) is 6.11. The minimum atomic E-state index is -1.83. The Morgan fingerprint density at radius 1 is 1.31 bits per heavy atom. The standard InChI is InChI=1S/C6H3F.C2H4.CH2O3/c7-6-2-1-4-3-5(4)6;1-2;2-1(3)4/h1-3H;1-2H2;(H2,2,3,4). The second-order valence-corrected chi connectivity index (χ2v) is 1.98. The van der Waals surface area contributed by atoms with Crippen LogP contribution < -0.4 is 0 Å². The zero-order valence-electron chi connectivity index (χ0n) is 6.83. The summed E-state index contributed by atoms with van der Waals surface area (Å²) in [5, 5.41) is 13.9. The van der Waals surface area contributed by atoms with E-state index in [1.54, 1.807) is 6.07 Å². The van der Waals surface area contributed by atoms with E-state index in [1.165, 1.54) is 6.07 Å². The summed E-state index contributed by atoms with van der Waals surface area (Å²) < 4.78 is 12.1. The maximum absolute atomic E-state index is 12.1. The van der Waals surface area contributed by atoms with Gasteiger partial charge in [-0.05, 0) is 17.7 Å². The van der Waals surface area contributed by atoms with E-state index < -0.39 is 6.16 Å². The minimum Gasteiger partial charge on any atom is -0.450 e. The molecule has 0 aromatic rings. The molecule has 0 atom stereocenters. The van der Waals surface area contributed by atoms with Gasteiger partial charge in [0, 0.05) is 5.56 Å². The van der Waals surface area contributed by atoms with E-state index >= 15 is 0 Å². The molecule has 0 spiro atoms. The van der Waals surface area contributed by atoms with Gasteiger partial charge in [-0.25, -0.2) is 9.18 Å². The highest BCUT2D eigenvalue weighted by atomic mass is 19.1. The molecule has 0 bridgehead atoms. The van der Waals surface area contributed by atoms with Crippen LogP contribution in [0, 0.1) is 5.82 Å². The SMILES string of the molecule is C=C.Fc1ccc2cc1-2.O=C(O)O. The van der Waals surface area contributed by atoms with Crippen molar-refractivity contribution >= 4 is 6.16 Å². The van der Waals surface area contributed by atoms with Crippen LogP contribution >= 0.6 is 0 Å². The van der Waals surface area contributed by atoms with Gasteiger partial charge in [-0.2, -0.15) is 0 Å². The zero-order valence-corrected chi connectivity index (χ0v) is 6.83. The first-order valence-electron chi connectivity index (χ1n) is 3.33. The minimum absolute atomic E-state index is 0.0741. The van der Waals surface area contributed by atoms with Gasteiger partial charge in [0.15, 0.2) is 0 Å². The maximum Gasteiger partial charge on any atom is 0.503 e. The van der Waals surface area contributed by atoms with Gasteiger partial charge >= 0.3 is 6.16 Å². The average Bonchev–Trinajstić information content (AvgIpc) is 2.76. The van der Waals surface area contributed by atoms with Gasteiger partial charge < -0.3 is 10.2 Å². The summed E-state index contributed by atoms with van der Waals surface area (Å²) in [6.07, 6.45) is -1.83. The molecule has 4 heteroatoms. The van der Waals surface area contributed by atoms with Crippen LogP contribution in [-0.4, -0.2) is 16.4 Å². The number of hydrogen-bond acceptors (Lipinski definition) is 1. The molecule has 13 heavy (non-hydrogen) atoms. The van der Waals surface area contributed by atoms with Crippen LogP contribution in [0.5, 0.6) is 0 Å². The molecule has 0 saturated carbocycles. The summed E-state index contributed by atoms with van der Waals surface area (Å²) in [5.41, 5.74) is 1.87. The lowest BCUT2D eigenvalue weighted by Gasteiger charge is -1.66. The molecule has 70 valence electrons. The fourth-order valence-corrected chi connectivity index (χ4v) is 0.717. The Morgan fingerprint density at radius 2 is 1.77 bits per heavy atom. The van der Waals surface area contributed by atoms with Gasteiger partial charge in [-0.1, -0.05) is 6.07 Å². The van der Waals surface area contributed by atoms with E-state index in [-0.39, 0.29) is 5.82 Å². The molecule has 0 amide bonds. The summed E-state index contributed by atoms with van der Waals surface area (Å²) in [6.45, 7) is 6.00. The number of carbonyl (C=O) groups is 1. The number of hydrogen-bond donors (Lipinski definition) is 2. The van der Waals surface area contributed by atoms with Gasteiger partial charge in [0.1, 0.15) is 5.82 Å². The van der Waals surface area contributed by atoms with Gasteiger partial charge in [0.25, 0.3) is 0 Å². The predicted octanol–water partition coefficient (Wildman–Crippen LogP) is 2.83. The van der Waals surface area contributed by atoms with Gasteiger partial charge in [0.05, 0.1) is 0 Å². The third kappa shape index (κ3) is 3.91. The summed E-state index contributed by atoms with van der Waals surface area (Å²) in [5.74, 6) is -0.0741. The first-order valence-corrected chi connectivity index (χ1v) is 3.33. The monoisotopic (exact) mass is 184 g/mol. The molecule has 3 nitrogen and oxygen atoms in total. The lowest BCUT2D eigenvalue weighted by Crippen LogP contribution is -1.81. The van der Waals surface area contributed by atoms with Crippen LogP contribution in [0.2, 0.25) is 0 Å². The predicted molar refractivity (Wildman–Crippen MR) is 47.3 cm³/mol. The van der Waals surface area contributed by atoms with Gasteiger partial charge in [0.2, 0.25) is 0 Å². The molecule has 0 unspecified atom stereocenters. The molecular weight excluding hydrogens is 175 g/mol.